The third-order valence-electron chi connectivity index (χ3n) is 10.8. The molecule has 0 radical (unpaired) electrons. The van der Waals surface area contributed by atoms with Crippen molar-refractivity contribution in [2.45, 2.75) is 179 Å². The molecule has 0 aliphatic carbocycles. The summed E-state index contributed by atoms with van der Waals surface area (Å²) in [5.41, 5.74) is -1.50. The molecule has 3 rings (SSSR count). The molecule has 57 heavy (non-hydrogen) atoms. The van der Waals surface area contributed by atoms with Gasteiger partial charge in [0.05, 0.1) is 36.9 Å². The zero-order valence-electron chi connectivity index (χ0n) is 34.9. The van der Waals surface area contributed by atoms with Crippen LogP contribution in [0.4, 0.5) is 0 Å². The van der Waals surface area contributed by atoms with Crippen molar-refractivity contribution in [2.24, 2.45) is 11.8 Å². The topological polar surface area (TPSA) is 223 Å². The van der Waals surface area contributed by atoms with Gasteiger partial charge in [0.2, 0.25) is 0 Å². The van der Waals surface area contributed by atoms with Gasteiger partial charge in [-0.3, -0.25) is 19.2 Å². The number of ether oxygens (including phenoxy) is 8. The number of hydrogen-bond donors (Lipinski definition) is 3. The van der Waals surface area contributed by atoms with Crippen LogP contribution in [0.1, 0.15) is 93.4 Å². The van der Waals surface area contributed by atoms with E-state index in [2.05, 4.69) is 0 Å². The van der Waals surface area contributed by atoms with Crippen molar-refractivity contribution in [2.75, 3.05) is 21.2 Å². The lowest BCUT2D eigenvalue weighted by atomic mass is 9.82. The minimum absolute atomic E-state index is 0.00710. The molecule has 0 amide bonds. The van der Waals surface area contributed by atoms with Crippen molar-refractivity contribution >= 4 is 30.0 Å². The van der Waals surface area contributed by atoms with E-state index in [4.69, 9.17) is 37.9 Å². The Balaban J connectivity index is 2.00. The first-order chi connectivity index (χ1) is 26.7. The number of hydrogen-bond acceptors (Lipinski definition) is 17. The Morgan fingerprint density at radius 2 is 1.68 bits per heavy atom. The lowest BCUT2D eigenvalue weighted by Crippen LogP contribution is -2.66. The Morgan fingerprint density at radius 1 is 1.00 bits per heavy atom. The number of ketones is 1. The van der Waals surface area contributed by atoms with Crippen molar-refractivity contribution in [3.8, 4) is 0 Å². The summed E-state index contributed by atoms with van der Waals surface area (Å²) in [4.78, 5) is 65.1. The van der Waals surface area contributed by atoms with E-state index < -0.39 is 121 Å². The minimum Gasteiger partial charge on any atom is -0.462 e. The molecular formula is C40H65NO16. The molecule has 0 aromatic carbocycles. The second-order valence-corrected chi connectivity index (χ2v) is 16.0. The van der Waals surface area contributed by atoms with Gasteiger partial charge in [-0.2, -0.15) is 0 Å². The summed E-state index contributed by atoms with van der Waals surface area (Å²) in [5, 5.41) is 33.8. The number of nitrogens with zero attached hydrogens (tertiary/aromatic N) is 1. The molecule has 2 saturated heterocycles. The second-order valence-electron chi connectivity index (χ2n) is 16.0. The molecule has 0 aromatic heterocycles. The molecule has 0 aromatic rings. The summed E-state index contributed by atoms with van der Waals surface area (Å²) in [6.07, 6.45) is -9.36. The maximum Gasteiger partial charge on any atom is 0.309 e. The highest BCUT2D eigenvalue weighted by atomic mass is 16.7. The van der Waals surface area contributed by atoms with E-state index in [1.54, 1.807) is 59.7 Å². The zero-order valence-corrected chi connectivity index (χ0v) is 34.9. The number of cyclic esters (lactones) is 1. The van der Waals surface area contributed by atoms with Gasteiger partial charge in [-0.25, -0.2) is 0 Å². The van der Waals surface area contributed by atoms with Crippen LogP contribution in [0.2, 0.25) is 0 Å². The highest BCUT2D eigenvalue weighted by molar-refractivity contribution is 5.82. The predicted octanol–water partition coefficient (Wildman–Crippen LogP) is 1.78. The van der Waals surface area contributed by atoms with Crippen molar-refractivity contribution < 1.29 is 77.2 Å². The fourth-order valence-corrected chi connectivity index (χ4v) is 7.99. The summed E-state index contributed by atoms with van der Waals surface area (Å²) in [6, 6.07) is -0.807. The van der Waals surface area contributed by atoms with Crippen molar-refractivity contribution in [1.82, 2.24) is 4.90 Å². The van der Waals surface area contributed by atoms with E-state index in [0.717, 1.165) is 6.92 Å². The first-order valence-corrected chi connectivity index (χ1v) is 19.8. The summed E-state index contributed by atoms with van der Waals surface area (Å²) in [5.74, 6) is -3.55. The van der Waals surface area contributed by atoms with Crippen molar-refractivity contribution in [3.63, 3.8) is 0 Å². The number of carbonyl (C=O) groups is 5. The van der Waals surface area contributed by atoms with Crippen LogP contribution in [-0.2, 0) is 61.9 Å². The Labute approximate surface area is 335 Å². The average molecular weight is 816 g/mol. The number of methoxy groups -OCH3 is 1. The second kappa shape index (κ2) is 21.9. The largest absolute Gasteiger partial charge is 0.462 e. The van der Waals surface area contributed by atoms with Crippen LogP contribution in [-0.4, -0.2) is 157 Å². The summed E-state index contributed by atoms with van der Waals surface area (Å²) in [6.45, 7) is 11.0. The first-order valence-electron chi connectivity index (χ1n) is 19.8. The number of carbonyl (C=O) groups excluding carboxylic acids is 5. The van der Waals surface area contributed by atoms with Crippen LogP contribution in [0.15, 0.2) is 12.2 Å². The van der Waals surface area contributed by atoms with Crippen LogP contribution in [0, 0.1) is 11.8 Å². The van der Waals surface area contributed by atoms with Crippen LogP contribution < -0.4 is 0 Å². The third-order valence-corrected chi connectivity index (χ3v) is 10.8. The number of aldehydes is 1. The molecule has 1 unspecified atom stereocenters. The van der Waals surface area contributed by atoms with E-state index in [-0.39, 0.29) is 44.3 Å². The van der Waals surface area contributed by atoms with Gasteiger partial charge in [0, 0.05) is 52.1 Å². The molecular weight excluding hydrogens is 750 g/mol. The number of Topliss-reactive ketones (excluding diaryl/α,β-unsaturated/α-hetero) is 1. The number of allylic oxidation sites excluding steroid dienone is 1. The summed E-state index contributed by atoms with van der Waals surface area (Å²) in [7, 11) is 4.77. The number of rotatable bonds is 11. The van der Waals surface area contributed by atoms with Crippen LogP contribution in [0.3, 0.4) is 0 Å². The van der Waals surface area contributed by atoms with Gasteiger partial charge in [0.1, 0.15) is 48.2 Å². The Kier molecular flexibility index (Phi) is 18.7. The Hall–Kier alpha value is -2.87. The average Bonchev–Trinajstić information content (AvgIpc) is 3.10. The third kappa shape index (κ3) is 13.6. The molecule has 2 fully saturated rings. The van der Waals surface area contributed by atoms with E-state index in [1.165, 1.54) is 20.1 Å². The highest BCUT2D eigenvalue weighted by Gasteiger charge is 2.53. The number of aliphatic hydroxyl groups is 3. The van der Waals surface area contributed by atoms with E-state index in [0.29, 0.717) is 6.29 Å². The van der Waals surface area contributed by atoms with Gasteiger partial charge in [0.25, 0.3) is 0 Å². The molecule has 0 spiro atoms. The minimum atomic E-state index is -1.50. The van der Waals surface area contributed by atoms with E-state index >= 15 is 0 Å². The van der Waals surface area contributed by atoms with Crippen LogP contribution in [0.25, 0.3) is 0 Å². The molecule has 3 aliphatic rings. The maximum atomic E-state index is 13.3. The van der Waals surface area contributed by atoms with E-state index in [1.807, 2.05) is 0 Å². The van der Waals surface area contributed by atoms with Crippen LogP contribution >= 0.6 is 0 Å². The first kappa shape index (κ1) is 48.5. The quantitative estimate of drug-likeness (QED) is 0.117. The van der Waals surface area contributed by atoms with Gasteiger partial charge < -0.3 is 62.9 Å². The molecule has 0 saturated carbocycles. The van der Waals surface area contributed by atoms with Gasteiger partial charge >= 0.3 is 17.9 Å². The SMILES string of the molecule is CCC(=O)O[C@H]1[C@H](C)O[C@@H](O[C@H]2[C@H](N(C)C)[C@@H](O)[C@H](O[C@H]3[C@@H](CC=O)C[C@@H](C)C(=O)C/C=C/C(O)C[C@@H](C)OC(=O)C[C@@H](OC(C)=O)[C@@H]3OC)O[C@@H]2C)C[C@@]1(C)O. The molecule has 3 aliphatic heterocycles. The molecule has 17 heteroatoms. The monoisotopic (exact) mass is 815 g/mol. The number of esters is 3. The summed E-state index contributed by atoms with van der Waals surface area (Å²) < 4.78 is 48.0. The highest BCUT2D eigenvalue weighted by Crippen LogP contribution is 2.37. The van der Waals surface area contributed by atoms with Gasteiger partial charge in [-0.1, -0.05) is 26.0 Å². The Morgan fingerprint density at radius 3 is 2.26 bits per heavy atom. The standard InChI is InChI=1S/C40H65NO16/c1-11-30(46)55-38-24(5)52-32(20-40(38,7)49)56-35-23(4)53-39(34(48)33(35)41(8)9)57-36-26(15-16-42)17-21(2)28(45)14-12-13-27(44)18-22(3)51-31(47)19-29(37(36)50-10)54-25(6)43/h12-13,16,21-24,26-27,29,32-39,44,48-49H,11,14-15,17-20H2,1-10H3/b13-12+/t21-,22-,23-,24+,26+,27?,29-,32+,33-,34-,35-,36+,37+,38+,39+,40-/m1/s1. The molecule has 17 nitrogen and oxygen atoms in total. The smallest absolute Gasteiger partial charge is 0.309 e. The molecule has 3 heterocycles. The lowest BCUT2D eigenvalue weighted by molar-refractivity contribution is -0.344. The molecule has 0 bridgehead atoms. The zero-order chi connectivity index (χ0) is 42.8. The van der Waals surface area contributed by atoms with Gasteiger partial charge in [-0.15, -0.1) is 0 Å². The summed E-state index contributed by atoms with van der Waals surface area (Å²) >= 11 is 0. The van der Waals surface area contributed by atoms with Gasteiger partial charge in [-0.05, 0) is 54.1 Å². The number of likely N-dealkylation sites (N-methyl/N-ethyl adjacent to an activating group) is 1. The fourth-order valence-electron chi connectivity index (χ4n) is 7.99. The lowest BCUT2D eigenvalue weighted by Gasteiger charge is -2.50. The normalized spacial score (nSPS) is 40.8. The van der Waals surface area contributed by atoms with Crippen molar-refractivity contribution in [1.29, 1.82) is 0 Å². The maximum absolute atomic E-state index is 13.3. The predicted molar refractivity (Wildman–Crippen MR) is 201 cm³/mol. The van der Waals surface area contributed by atoms with Gasteiger partial charge in [0.15, 0.2) is 18.7 Å². The van der Waals surface area contributed by atoms with Crippen molar-refractivity contribution in [3.05, 3.63) is 12.2 Å². The fraction of sp³-hybridized carbons (Fsp3) is 0.825. The molecule has 326 valence electrons. The van der Waals surface area contributed by atoms with E-state index in [9.17, 15) is 39.3 Å². The molecule has 16 atom stereocenters. The number of aliphatic hydroxyl groups excluding tert-OH is 2. The molecule has 3 N–H and O–H groups in total. The van der Waals surface area contributed by atoms with Crippen LogP contribution in [0.5, 0.6) is 0 Å². The Bertz CT molecular complexity index is 1370.